The normalized spacial score (nSPS) is 25.8. The minimum Gasteiger partial charge on any atom is -0.329 e. The number of halogens is 2. The van der Waals surface area contributed by atoms with E-state index in [2.05, 4.69) is 16.8 Å². The summed E-state index contributed by atoms with van der Waals surface area (Å²) in [4.78, 5) is 6.20. The predicted octanol–water partition coefficient (Wildman–Crippen LogP) is 1.84. The van der Waals surface area contributed by atoms with Crippen molar-refractivity contribution in [2.45, 2.75) is 38.9 Å². The van der Waals surface area contributed by atoms with Gasteiger partial charge >= 0.3 is 6.55 Å². The van der Waals surface area contributed by atoms with Gasteiger partial charge in [-0.05, 0) is 25.3 Å². The number of piperidine rings is 1. The Kier molecular flexibility index (Phi) is 4.29. The highest BCUT2D eigenvalue weighted by Crippen LogP contribution is 2.24. The molecule has 1 aliphatic heterocycles. The summed E-state index contributed by atoms with van der Waals surface area (Å²) in [6.45, 7) is 1.56. The minimum absolute atomic E-state index is 0.265. The highest BCUT2D eigenvalue weighted by Gasteiger charge is 2.28. The summed E-state index contributed by atoms with van der Waals surface area (Å²) in [5.41, 5.74) is 5.79. The first kappa shape index (κ1) is 13.4. The smallest absolute Gasteiger partial charge is 0.319 e. The molecule has 0 saturated carbocycles. The van der Waals surface area contributed by atoms with Crippen LogP contribution >= 0.6 is 0 Å². The number of nitrogens with zero attached hydrogens (tertiary/aromatic N) is 3. The molecule has 1 fully saturated rings. The molecule has 0 aliphatic carbocycles. The van der Waals surface area contributed by atoms with Crippen LogP contribution in [0.2, 0.25) is 0 Å². The lowest BCUT2D eigenvalue weighted by atomic mass is 9.91. The van der Waals surface area contributed by atoms with Gasteiger partial charge in [0.05, 0.1) is 6.54 Å². The number of aromatic nitrogens is 2. The lowest BCUT2D eigenvalue weighted by Gasteiger charge is -2.39. The van der Waals surface area contributed by atoms with Crippen molar-refractivity contribution >= 4 is 0 Å². The summed E-state index contributed by atoms with van der Waals surface area (Å²) in [7, 11) is 0. The molecule has 2 N–H and O–H groups in total. The fourth-order valence-corrected chi connectivity index (χ4v) is 2.74. The number of nitrogens with two attached hydrogens (primary N) is 1. The van der Waals surface area contributed by atoms with E-state index < -0.39 is 6.55 Å². The van der Waals surface area contributed by atoms with Crippen LogP contribution in [0, 0.1) is 5.92 Å². The summed E-state index contributed by atoms with van der Waals surface area (Å²) in [6.07, 6.45) is 4.99. The van der Waals surface area contributed by atoms with Crippen LogP contribution in [0.1, 0.15) is 32.1 Å². The van der Waals surface area contributed by atoms with Crippen molar-refractivity contribution in [3.8, 4) is 0 Å². The molecule has 4 nitrogen and oxygen atoms in total. The SMILES string of the molecule is CC1CCCN(Cc2nccn2C(F)F)C1CN. The van der Waals surface area contributed by atoms with E-state index in [1.54, 1.807) is 0 Å². The van der Waals surface area contributed by atoms with Gasteiger partial charge in [0, 0.05) is 25.0 Å². The van der Waals surface area contributed by atoms with Gasteiger partial charge in [-0.3, -0.25) is 9.47 Å². The Labute approximate surface area is 106 Å². The van der Waals surface area contributed by atoms with Crippen LogP contribution in [-0.4, -0.2) is 33.6 Å². The minimum atomic E-state index is -2.53. The third-order valence-corrected chi connectivity index (χ3v) is 3.78. The predicted molar refractivity (Wildman–Crippen MR) is 65.1 cm³/mol. The van der Waals surface area contributed by atoms with Crippen LogP contribution in [-0.2, 0) is 6.54 Å². The van der Waals surface area contributed by atoms with Crippen LogP contribution < -0.4 is 5.73 Å². The Bertz CT molecular complexity index is 380. The molecule has 1 saturated heterocycles. The molecule has 2 unspecified atom stereocenters. The molecule has 6 heteroatoms. The first-order valence-corrected chi connectivity index (χ1v) is 6.37. The molecule has 0 spiro atoms. The third-order valence-electron chi connectivity index (χ3n) is 3.78. The van der Waals surface area contributed by atoms with E-state index in [4.69, 9.17) is 5.73 Å². The first-order valence-electron chi connectivity index (χ1n) is 6.37. The van der Waals surface area contributed by atoms with Gasteiger partial charge in [-0.25, -0.2) is 4.98 Å². The third kappa shape index (κ3) is 2.70. The van der Waals surface area contributed by atoms with Gasteiger partial charge in [-0.2, -0.15) is 8.78 Å². The second-order valence-electron chi connectivity index (χ2n) is 4.92. The molecular formula is C12H20F2N4. The van der Waals surface area contributed by atoms with Crippen molar-refractivity contribution in [2.75, 3.05) is 13.1 Å². The molecule has 102 valence electrons. The second kappa shape index (κ2) is 5.75. The van der Waals surface area contributed by atoms with Gasteiger partial charge in [0.1, 0.15) is 5.82 Å². The fraction of sp³-hybridized carbons (Fsp3) is 0.750. The summed E-state index contributed by atoms with van der Waals surface area (Å²) >= 11 is 0. The van der Waals surface area contributed by atoms with E-state index in [0.717, 1.165) is 24.0 Å². The molecule has 0 amide bonds. The van der Waals surface area contributed by atoms with Crippen LogP contribution in [0.25, 0.3) is 0 Å². The largest absolute Gasteiger partial charge is 0.329 e. The van der Waals surface area contributed by atoms with E-state index in [0.29, 0.717) is 24.8 Å². The number of rotatable bonds is 4. The summed E-state index contributed by atoms with van der Waals surface area (Å²) in [5, 5.41) is 0. The molecule has 0 radical (unpaired) electrons. The number of alkyl halides is 2. The van der Waals surface area contributed by atoms with Gasteiger partial charge in [0.2, 0.25) is 0 Å². The summed E-state index contributed by atoms with van der Waals surface area (Å²) in [6, 6.07) is 0.265. The standard InChI is InChI=1S/C12H20F2N4/c1-9-3-2-5-17(10(9)7-15)8-11-16-4-6-18(11)12(13)14/h4,6,9-10,12H,2-3,5,7-8,15H2,1H3. The maximum atomic E-state index is 12.8. The van der Waals surface area contributed by atoms with Crippen LogP contribution in [0.15, 0.2) is 12.4 Å². The van der Waals surface area contributed by atoms with Crippen LogP contribution in [0.4, 0.5) is 8.78 Å². The van der Waals surface area contributed by atoms with Gasteiger partial charge in [-0.1, -0.05) is 6.92 Å². The molecule has 2 heterocycles. The fourth-order valence-electron chi connectivity index (χ4n) is 2.74. The maximum absolute atomic E-state index is 12.8. The Morgan fingerprint density at radius 1 is 1.56 bits per heavy atom. The highest BCUT2D eigenvalue weighted by atomic mass is 19.3. The maximum Gasteiger partial charge on any atom is 0.319 e. The number of imidazole rings is 1. The van der Waals surface area contributed by atoms with E-state index in [1.165, 1.54) is 12.4 Å². The lowest BCUT2D eigenvalue weighted by molar-refractivity contribution is 0.0548. The lowest BCUT2D eigenvalue weighted by Crippen LogP contribution is -2.48. The van der Waals surface area contributed by atoms with Crippen molar-refractivity contribution < 1.29 is 8.78 Å². The molecule has 2 rings (SSSR count). The van der Waals surface area contributed by atoms with Crippen molar-refractivity contribution in [2.24, 2.45) is 11.7 Å². The second-order valence-corrected chi connectivity index (χ2v) is 4.92. The Morgan fingerprint density at radius 2 is 2.33 bits per heavy atom. The molecule has 1 aliphatic rings. The van der Waals surface area contributed by atoms with Crippen molar-refractivity contribution in [1.29, 1.82) is 0 Å². The number of likely N-dealkylation sites (tertiary alicyclic amines) is 1. The van der Waals surface area contributed by atoms with E-state index in [9.17, 15) is 8.78 Å². The molecule has 0 aromatic carbocycles. The van der Waals surface area contributed by atoms with Crippen molar-refractivity contribution in [1.82, 2.24) is 14.5 Å². The number of hydrogen-bond acceptors (Lipinski definition) is 3. The van der Waals surface area contributed by atoms with Gasteiger partial charge in [-0.15, -0.1) is 0 Å². The van der Waals surface area contributed by atoms with E-state index >= 15 is 0 Å². The summed E-state index contributed by atoms with van der Waals surface area (Å²) in [5.74, 6) is 0.927. The van der Waals surface area contributed by atoms with Gasteiger partial charge < -0.3 is 5.73 Å². The zero-order chi connectivity index (χ0) is 13.1. The highest BCUT2D eigenvalue weighted by molar-refractivity contribution is 4.95. The van der Waals surface area contributed by atoms with Crippen molar-refractivity contribution in [3.63, 3.8) is 0 Å². The Hall–Kier alpha value is -1.01. The van der Waals surface area contributed by atoms with E-state index in [1.807, 2.05) is 0 Å². The zero-order valence-corrected chi connectivity index (χ0v) is 10.6. The monoisotopic (exact) mass is 258 g/mol. The van der Waals surface area contributed by atoms with Gasteiger partial charge in [0.25, 0.3) is 0 Å². The topological polar surface area (TPSA) is 47.1 Å². The quantitative estimate of drug-likeness (QED) is 0.896. The molecular weight excluding hydrogens is 238 g/mol. The molecule has 2 atom stereocenters. The zero-order valence-electron chi connectivity index (χ0n) is 10.6. The van der Waals surface area contributed by atoms with Crippen LogP contribution in [0.3, 0.4) is 0 Å². The first-order chi connectivity index (χ1) is 8.63. The van der Waals surface area contributed by atoms with Crippen LogP contribution in [0.5, 0.6) is 0 Å². The molecule has 1 aromatic heterocycles. The van der Waals surface area contributed by atoms with E-state index in [-0.39, 0.29) is 6.04 Å². The van der Waals surface area contributed by atoms with Gasteiger partial charge in [0.15, 0.2) is 0 Å². The average molecular weight is 258 g/mol. The summed E-state index contributed by atoms with van der Waals surface area (Å²) < 4.78 is 26.4. The Morgan fingerprint density at radius 3 is 3.00 bits per heavy atom. The molecule has 1 aromatic rings. The molecule has 0 bridgehead atoms. The Balaban J connectivity index is 2.09. The number of hydrogen-bond donors (Lipinski definition) is 1. The average Bonchev–Trinajstić information content (AvgIpc) is 2.77. The molecule has 18 heavy (non-hydrogen) atoms. The van der Waals surface area contributed by atoms with Crippen molar-refractivity contribution in [3.05, 3.63) is 18.2 Å².